The van der Waals surface area contributed by atoms with Crippen LogP contribution in [0.1, 0.15) is 24.0 Å². The second kappa shape index (κ2) is 6.89. The van der Waals surface area contributed by atoms with Crippen molar-refractivity contribution in [1.82, 2.24) is 4.90 Å². The number of likely N-dealkylation sites (tertiary alicyclic amines) is 1. The fourth-order valence-corrected chi connectivity index (χ4v) is 4.80. The van der Waals surface area contributed by atoms with Gasteiger partial charge in [-0.15, -0.1) is 0 Å². The third-order valence-electron chi connectivity index (χ3n) is 5.94. The summed E-state index contributed by atoms with van der Waals surface area (Å²) in [5, 5.41) is 11.0. The van der Waals surface area contributed by atoms with E-state index in [2.05, 4.69) is 17.0 Å². The number of halogens is 1. The molecule has 1 aliphatic carbocycles. The van der Waals surface area contributed by atoms with E-state index in [-0.39, 0.29) is 5.82 Å². The minimum atomic E-state index is -0.528. The van der Waals surface area contributed by atoms with Crippen molar-refractivity contribution in [3.8, 4) is 0 Å². The molecule has 0 amide bonds. The summed E-state index contributed by atoms with van der Waals surface area (Å²) in [6.07, 6.45) is 3.57. The molecule has 2 aliphatic rings. The smallest absolute Gasteiger partial charge is 0.123 e. The molecule has 2 unspecified atom stereocenters. The van der Waals surface area contributed by atoms with Crippen molar-refractivity contribution in [3.63, 3.8) is 0 Å². The summed E-state index contributed by atoms with van der Waals surface area (Å²) in [7, 11) is 0. The fraction of sp³-hybridized carbons (Fsp3) is 0.455. The lowest BCUT2D eigenvalue weighted by Crippen LogP contribution is -2.32. The van der Waals surface area contributed by atoms with Crippen LogP contribution in [0.2, 0.25) is 0 Å². The van der Waals surface area contributed by atoms with Gasteiger partial charge in [0.25, 0.3) is 0 Å². The van der Waals surface area contributed by atoms with Gasteiger partial charge in [-0.2, -0.15) is 0 Å². The molecule has 25 heavy (non-hydrogen) atoms. The van der Waals surface area contributed by atoms with Gasteiger partial charge in [-0.3, -0.25) is 0 Å². The second-order valence-corrected chi connectivity index (χ2v) is 7.95. The Morgan fingerprint density at radius 1 is 0.920 bits per heavy atom. The molecular formula is C22H26FNO. The minimum absolute atomic E-state index is 0.169. The summed E-state index contributed by atoms with van der Waals surface area (Å²) >= 11 is 0. The van der Waals surface area contributed by atoms with Crippen LogP contribution >= 0.6 is 0 Å². The van der Waals surface area contributed by atoms with Gasteiger partial charge in [-0.25, -0.2) is 4.39 Å². The van der Waals surface area contributed by atoms with E-state index in [1.165, 1.54) is 23.3 Å². The second-order valence-electron chi connectivity index (χ2n) is 7.95. The Hall–Kier alpha value is -1.71. The van der Waals surface area contributed by atoms with Gasteiger partial charge in [0.15, 0.2) is 0 Å². The maximum Gasteiger partial charge on any atom is 0.123 e. The molecule has 0 bridgehead atoms. The van der Waals surface area contributed by atoms with E-state index in [1.807, 2.05) is 30.3 Å². The molecule has 1 N–H and O–H groups in total. The van der Waals surface area contributed by atoms with Crippen molar-refractivity contribution in [3.05, 3.63) is 71.5 Å². The van der Waals surface area contributed by atoms with Crippen molar-refractivity contribution < 1.29 is 9.50 Å². The monoisotopic (exact) mass is 339 g/mol. The molecular weight excluding hydrogens is 313 g/mol. The van der Waals surface area contributed by atoms with Gasteiger partial charge in [0.1, 0.15) is 5.82 Å². The first-order valence-corrected chi connectivity index (χ1v) is 9.33. The molecule has 2 atom stereocenters. The first-order chi connectivity index (χ1) is 12.1. The predicted molar refractivity (Wildman–Crippen MR) is 97.9 cm³/mol. The molecule has 2 aromatic rings. The highest BCUT2D eigenvalue weighted by Gasteiger charge is 2.47. The molecule has 2 aromatic carbocycles. The molecule has 1 heterocycles. The maximum atomic E-state index is 13.0. The number of hydrogen-bond acceptors (Lipinski definition) is 2. The molecule has 1 saturated carbocycles. The highest BCUT2D eigenvalue weighted by molar-refractivity contribution is 5.19. The van der Waals surface area contributed by atoms with Gasteiger partial charge in [0, 0.05) is 26.1 Å². The summed E-state index contributed by atoms with van der Waals surface area (Å²) < 4.78 is 13.0. The lowest BCUT2D eigenvalue weighted by molar-refractivity contribution is 0.0355. The molecule has 0 aromatic heterocycles. The zero-order valence-electron chi connectivity index (χ0n) is 14.6. The van der Waals surface area contributed by atoms with Gasteiger partial charge in [0.2, 0.25) is 0 Å². The van der Waals surface area contributed by atoms with E-state index in [4.69, 9.17) is 0 Å². The number of rotatable bonds is 5. The van der Waals surface area contributed by atoms with Crippen LogP contribution in [0.25, 0.3) is 0 Å². The summed E-state index contributed by atoms with van der Waals surface area (Å²) in [6, 6.07) is 17.2. The number of hydrogen-bond donors (Lipinski definition) is 1. The van der Waals surface area contributed by atoms with Gasteiger partial charge < -0.3 is 10.0 Å². The summed E-state index contributed by atoms with van der Waals surface area (Å²) in [5.74, 6) is 1.06. The van der Waals surface area contributed by atoms with E-state index in [0.29, 0.717) is 11.8 Å². The average Bonchev–Trinajstić information content (AvgIpc) is 3.09. The molecule has 2 fully saturated rings. The van der Waals surface area contributed by atoms with Crippen LogP contribution < -0.4 is 0 Å². The third-order valence-corrected chi connectivity index (χ3v) is 5.94. The molecule has 4 rings (SSSR count). The highest BCUT2D eigenvalue weighted by atomic mass is 19.1. The molecule has 2 nitrogen and oxygen atoms in total. The highest BCUT2D eigenvalue weighted by Crippen LogP contribution is 2.45. The van der Waals surface area contributed by atoms with Gasteiger partial charge in [0.05, 0.1) is 5.60 Å². The van der Waals surface area contributed by atoms with E-state index >= 15 is 0 Å². The van der Waals surface area contributed by atoms with Crippen LogP contribution in [-0.2, 0) is 12.8 Å². The van der Waals surface area contributed by atoms with Crippen molar-refractivity contribution in [2.24, 2.45) is 11.8 Å². The molecule has 0 radical (unpaired) electrons. The predicted octanol–water partition coefficient (Wildman–Crippen LogP) is 3.68. The van der Waals surface area contributed by atoms with Crippen molar-refractivity contribution in [2.45, 2.75) is 31.3 Å². The Labute approximate surface area is 149 Å². The number of benzene rings is 2. The number of aliphatic hydroxyl groups is 1. The van der Waals surface area contributed by atoms with E-state index in [0.717, 1.165) is 45.3 Å². The lowest BCUT2D eigenvalue weighted by Gasteiger charge is -2.26. The standard InChI is InChI=1S/C22H26FNO/c23-21-8-6-17(7-9-21)10-11-24-15-19-13-22(25,14-20(19)16-24)12-18-4-2-1-3-5-18/h1-9,19-20,25H,10-16H2. The zero-order valence-corrected chi connectivity index (χ0v) is 14.6. The summed E-state index contributed by atoms with van der Waals surface area (Å²) in [6.45, 7) is 3.20. The van der Waals surface area contributed by atoms with Gasteiger partial charge in [-0.1, -0.05) is 42.5 Å². The summed E-state index contributed by atoms with van der Waals surface area (Å²) in [4.78, 5) is 2.51. The average molecular weight is 339 g/mol. The van der Waals surface area contributed by atoms with E-state index < -0.39 is 5.60 Å². The van der Waals surface area contributed by atoms with E-state index in [1.54, 1.807) is 0 Å². The Morgan fingerprint density at radius 2 is 1.56 bits per heavy atom. The topological polar surface area (TPSA) is 23.5 Å². The van der Waals surface area contributed by atoms with Crippen molar-refractivity contribution in [2.75, 3.05) is 19.6 Å². The lowest BCUT2D eigenvalue weighted by atomic mass is 9.91. The Balaban J connectivity index is 1.29. The third kappa shape index (κ3) is 3.94. The van der Waals surface area contributed by atoms with Crippen LogP contribution in [0.15, 0.2) is 54.6 Å². The largest absolute Gasteiger partial charge is 0.390 e. The van der Waals surface area contributed by atoms with E-state index in [9.17, 15) is 9.50 Å². The number of fused-ring (bicyclic) bond motifs is 1. The first-order valence-electron chi connectivity index (χ1n) is 9.33. The molecule has 0 spiro atoms. The minimum Gasteiger partial charge on any atom is -0.390 e. The van der Waals surface area contributed by atoms with Crippen LogP contribution in [-0.4, -0.2) is 35.2 Å². The molecule has 3 heteroatoms. The van der Waals surface area contributed by atoms with Crippen LogP contribution in [0.4, 0.5) is 4.39 Å². The Kier molecular flexibility index (Phi) is 4.61. The quantitative estimate of drug-likeness (QED) is 0.898. The Morgan fingerprint density at radius 3 is 2.20 bits per heavy atom. The molecule has 1 aliphatic heterocycles. The number of nitrogens with zero attached hydrogens (tertiary/aromatic N) is 1. The Bertz CT molecular complexity index is 686. The molecule has 1 saturated heterocycles. The zero-order chi connectivity index (χ0) is 17.3. The van der Waals surface area contributed by atoms with Crippen molar-refractivity contribution >= 4 is 0 Å². The van der Waals surface area contributed by atoms with Crippen LogP contribution in [0, 0.1) is 17.7 Å². The maximum absolute atomic E-state index is 13.0. The normalized spacial score (nSPS) is 29.0. The molecule has 132 valence electrons. The van der Waals surface area contributed by atoms with Gasteiger partial charge >= 0.3 is 0 Å². The van der Waals surface area contributed by atoms with Crippen LogP contribution in [0.5, 0.6) is 0 Å². The van der Waals surface area contributed by atoms with Gasteiger partial charge in [-0.05, 0) is 54.4 Å². The van der Waals surface area contributed by atoms with Crippen molar-refractivity contribution in [1.29, 1.82) is 0 Å². The van der Waals surface area contributed by atoms with Crippen LogP contribution in [0.3, 0.4) is 0 Å². The SMILES string of the molecule is OC1(Cc2ccccc2)CC2CN(CCc3ccc(F)cc3)CC2C1. The first kappa shape index (κ1) is 16.7. The fourth-order valence-electron chi connectivity index (χ4n) is 4.80. The summed E-state index contributed by atoms with van der Waals surface area (Å²) in [5.41, 5.74) is 1.90.